The summed E-state index contributed by atoms with van der Waals surface area (Å²) in [5, 5.41) is 10.6. The van der Waals surface area contributed by atoms with Crippen molar-refractivity contribution in [3.63, 3.8) is 0 Å². The molecule has 2 rings (SSSR count). The van der Waals surface area contributed by atoms with Gasteiger partial charge in [-0.2, -0.15) is 5.10 Å². The molecule has 0 aliphatic carbocycles. The molecule has 0 aromatic carbocycles. The molecule has 0 saturated heterocycles. The van der Waals surface area contributed by atoms with Gasteiger partial charge in [-0.25, -0.2) is 4.79 Å². The smallest absolute Gasteiger partial charge is 0.315 e. The van der Waals surface area contributed by atoms with Crippen molar-refractivity contribution in [3.05, 3.63) is 47.0 Å². The van der Waals surface area contributed by atoms with Crippen LogP contribution in [0.2, 0.25) is 0 Å². The molecule has 136 valence electrons. The molecule has 0 bridgehead atoms. The molecule has 25 heavy (non-hydrogen) atoms. The normalized spacial score (nSPS) is 13.6. The van der Waals surface area contributed by atoms with E-state index < -0.39 is 0 Å². The van der Waals surface area contributed by atoms with E-state index in [0.29, 0.717) is 0 Å². The summed E-state index contributed by atoms with van der Waals surface area (Å²) < 4.78 is 1.86. The Balaban J connectivity index is 2.14. The molecule has 0 fully saturated rings. The van der Waals surface area contributed by atoms with Gasteiger partial charge in [-0.15, -0.1) is 0 Å². The van der Waals surface area contributed by atoms with Gasteiger partial charge < -0.3 is 10.6 Å². The zero-order chi connectivity index (χ0) is 18.6. The zero-order valence-corrected chi connectivity index (χ0v) is 16.0. The molecule has 0 radical (unpaired) electrons. The van der Waals surface area contributed by atoms with Crippen molar-refractivity contribution in [3.8, 4) is 0 Å². The molecule has 0 aliphatic rings. The molecule has 6 nitrogen and oxygen atoms in total. The number of carbonyl (C=O) groups excluding carboxylic acids is 1. The number of nitrogens with one attached hydrogen (secondary N) is 2. The first-order chi connectivity index (χ1) is 11.8. The SMILES string of the molecule is CC[C@@H](NC(=O)N[C@H](c1ccccn1)C(C)C)c1c(C)nn(C)c1C. The van der Waals surface area contributed by atoms with Gasteiger partial charge in [-0.05, 0) is 38.3 Å². The van der Waals surface area contributed by atoms with Crippen molar-refractivity contribution >= 4 is 6.03 Å². The maximum Gasteiger partial charge on any atom is 0.315 e. The molecule has 2 amide bonds. The number of aromatic nitrogens is 3. The van der Waals surface area contributed by atoms with Crippen LogP contribution in [0.3, 0.4) is 0 Å². The van der Waals surface area contributed by atoms with E-state index in [2.05, 4.69) is 41.5 Å². The van der Waals surface area contributed by atoms with E-state index >= 15 is 0 Å². The number of carbonyl (C=O) groups is 1. The highest BCUT2D eigenvalue weighted by molar-refractivity contribution is 5.75. The number of rotatable bonds is 6. The largest absolute Gasteiger partial charge is 0.331 e. The number of nitrogens with zero attached hydrogens (tertiary/aromatic N) is 3. The standard InChI is InChI=1S/C19H29N5O/c1-7-15(17-13(4)23-24(6)14(17)5)21-19(25)22-18(12(2)3)16-10-8-9-11-20-16/h8-12,15,18H,7H2,1-6H3,(H2,21,22,25)/t15-,18+/m1/s1. The van der Waals surface area contributed by atoms with Crippen LogP contribution in [0.1, 0.15) is 61.9 Å². The average molecular weight is 343 g/mol. The monoisotopic (exact) mass is 343 g/mol. The zero-order valence-electron chi connectivity index (χ0n) is 16.0. The Bertz CT molecular complexity index is 708. The molecule has 0 saturated carbocycles. The van der Waals surface area contributed by atoms with Gasteiger partial charge in [-0.1, -0.05) is 26.8 Å². The molecule has 2 heterocycles. The van der Waals surface area contributed by atoms with E-state index in [-0.39, 0.29) is 24.0 Å². The lowest BCUT2D eigenvalue weighted by Crippen LogP contribution is -2.41. The van der Waals surface area contributed by atoms with Crippen LogP contribution in [-0.2, 0) is 7.05 Å². The van der Waals surface area contributed by atoms with Crippen LogP contribution in [0.5, 0.6) is 0 Å². The maximum atomic E-state index is 12.6. The fourth-order valence-corrected chi connectivity index (χ4v) is 3.16. The second-order valence-corrected chi connectivity index (χ2v) is 6.76. The Kier molecular flexibility index (Phi) is 6.17. The van der Waals surface area contributed by atoms with Crippen molar-refractivity contribution in [2.75, 3.05) is 0 Å². The van der Waals surface area contributed by atoms with Gasteiger partial charge in [0, 0.05) is 24.5 Å². The number of urea groups is 1. The Morgan fingerprint density at radius 3 is 2.44 bits per heavy atom. The van der Waals surface area contributed by atoms with Crippen molar-refractivity contribution in [1.29, 1.82) is 0 Å². The van der Waals surface area contributed by atoms with Crippen LogP contribution >= 0.6 is 0 Å². The van der Waals surface area contributed by atoms with Gasteiger partial charge in [-0.3, -0.25) is 9.67 Å². The summed E-state index contributed by atoms with van der Waals surface area (Å²) in [7, 11) is 1.93. The van der Waals surface area contributed by atoms with Gasteiger partial charge in [0.05, 0.1) is 23.5 Å². The summed E-state index contributed by atoms with van der Waals surface area (Å²) in [5.41, 5.74) is 4.00. The Hall–Kier alpha value is -2.37. The van der Waals surface area contributed by atoms with Gasteiger partial charge in [0.25, 0.3) is 0 Å². The van der Waals surface area contributed by atoms with Crippen molar-refractivity contribution in [2.24, 2.45) is 13.0 Å². The van der Waals surface area contributed by atoms with Crippen LogP contribution in [0.25, 0.3) is 0 Å². The van der Waals surface area contributed by atoms with Gasteiger partial charge in [0.15, 0.2) is 0 Å². The number of aryl methyl sites for hydroxylation is 2. The number of pyridine rings is 1. The highest BCUT2D eigenvalue weighted by Gasteiger charge is 2.23. The highest BCUT2D eigenvalue weighted by Crippen LogP contribution is 2.24. The lowest BCUT2D eigenvalue weighted by molar-refractivity contribution is 0.228. The summed E-state index contributed by atoms with van der Waals surface area (Å²) in [5.74, 6) is 0.239. The Labute approximate surface area is 150 Å². The molecular formula is C19H29N5O. The highest BCUT2D eigenvalue weighted by atomic mass is 16.2. The second kappa shape index (κ2) is 8.14. The Morgan fingerprint density at radius 2 is 1.96 bits per heavy atom. The number of amides is 2. The van der Waals surface area contributed by atoms with E-state index in [9.17, 15) is 4.79 Å². The predicted octanol–water partition coefficient (Wildman–Crippen LogP) is 3.58. The van der Waals surface area contributed by atoms with Gasteiger partial charge >= 0.3 is 6.03 Å². The minimum absolute atomic E-state index is 0.0646. The third-order valence-electron chi connectivity index (χ3n) is 4.59. The lowest BCUT2D eigenvalue weighted by atomic mass is 10.00. The van der Waals surface area contributed by atoms with Crippen molar-refractivity contribution in [1.82, 2.24) is 25.4 Å². The topological polar surface area (TPSA) is 71.8 Å². The van der Waals surface area contributed by atoms with E-state index in [1.165, 1.54) is 0 Å². The lowest BCUT2D eigenvalue weighted by Gasteiger charge is -2.24. The van der Waals surface area contributed by atoms with Crippen LogP contribution in [0, 0.1) is 19.8 Å². The molecule has 2 N–H and O–H groups in total. The summed E-state index contributed by atoms with van der Waals surface area (Å²) in [6, 6.07) is 5.38. The summed E-state index contributed by atoms with van der Waals surface area (Å²) in [4.78, 5) is 17.0. The van der Waals surface area contributed by atoms with E-state index in [1.54, 1.807) is 6.20 Å². The number of hydrogen-bond acceptors (Lipinski definition) is 3. The van der Waals surface area contributed by atoms with Crippen LogP contribution < -0.4 is 10.6 Å². The molecule has 6 heteroatoms. The second-order valence-electron chi connectivity index (χ2n) is 6.76. The van der Waals surface area contributed by atoms with E-state index in [0.717, 1.165) is 29.1 Å². The van der Waals surface area contributed by atoms with Gasteiger partial charge in [0.1, 0.15) is 0 Å². The summed E-state index contributed by atoms with van der Waals surface area (Å²) in [6.45, 7) is 10.2. The number of hydrogen-bond donors (Lipinski definition) is 2. The van der Waals surface area contributed by atoms with Crippen LogP contribution in [-0.4, -0.2) is 20.8 Å². The third kappa shape index (κ3) is 4.38. The molecule has 0 spiro atoms. The first-order valence-electron chi connectivity index (χ1n) is 8.83. The van der Waals surface area contributed by atoms with Gasteiger partial charge in [0.2, 0.25) is 0 Å². The molecular weight excluding hydrogens is 314 g/mol. The summed E-state index contributed by atoms with van der Waals surface area (Å²) in [6.07, 6.45) is 2.55. The minimum Gasteiger partial charge on any atom is -0.331 e. The first kappa shape index (κ1) is 19.0. The van der Waals surface area contributed by atoms with Crippen LogP contribution in [0.15, 0.2) is 24.4 Å². The first-order valence-corrected chi connectivity index (χ1v) is 8.83. The fraction of sp³-hybridized carbons (Fsp3) is 0.526. The van der Waals surface area contributed by atoms with Crippen LogP contribution in [0.4, 0.5) is 4.79 Å². The molecule has 2 atom stereocenters. The quantitative estimate of drug-likeness (QED) is 0.842. The fourth-order valence-electron chi connectivity index (χ4n) is 3.16. The maximum absolute atomic E-state index is 12.6. The average Bonchev–Trinajstić information content (AvgIpc) is 2.83. The van der Waals surface area contributed by atoms with Crippen molar-refractivity contribution < 1.29 is 4.79 Å². The minimum atomic E-state index is -0.182. The Morgan fingerprint density at radius 1 is 1.24 bits per heavy atom. The van der Waals surface area contributed by atoms with E-state index in [4.69, 9.17) is 0 Å². The molecule has 0 aliphatic heterocycles. The summed E-state index contributed by atoms with van der Waals surface area (Å²) >= 11 is 0. The molecule has 0 unspecified atom stereocenters. The van der Waals surface area contributed by atoms with Crippen molar-refractivity contribution in [2.45, 2.75) is 53.1 Å². The molecule has 2 aromatic heterocycles. The molecule has 2 aromatic rings. The third-order valence-corrected chi connectivity index (χ3v) is 4.59. The predicted molar refractivity (Wildman–Crippen MR) is 99.2 cm³/mol. The van der Waals surface area contributed by atoms with E-state index in [1.807, 2.05) is 43.8 Å².